The number of benzene rings is 1. The second-order valence-corrected chi connectivity index (χ2v) is 6.53. The Morgan fingerprint density at radius 3 is 2.88 bits per heavy atom. The minimum absolute atomic E-state index is 0.0289. The van der Waals surface area contributed by atoms with Gasteiger partial charge in [-0.25, -0.2) is 0 Å². The molecule has 1 aliphatic rings. The summed E-state index contributed by atoms with van der Waals surface area (Å²) in [4.78, 5) is 12.6. The second-order valence-electron chi connectivity index (χ2n) is 6.53. The van der Waals surface area contributed by atoms with Gasteiger partial charge in [-0.2, -0.15) is 5.10 Å². The molecule has 0 bridgehead atoms. The third kappa shape index (κ3) is 3.03. The van der Waals surface area contributed by atoms with Crippen LogP contribution < -0.4 is 10.1 Å². The number of nitrogens with zero attached hydrogens (tertiary/aromatic N) is 2. The molecule has 0 saturated heterocycles. The highest BCUT2D eigenvalue weighted by Gasteiger charge is 2.23. The SMILES string of the molecule is COc1ccc2c(c1)CCC[C@@H]2CNC(=O)c1c(C)nn(C)c1C. The van der Waals surface area contributed by atoms with Crippen LogP contribution in [0.4, 0.5) is 0 Å². The van der Waals surface area contributed by atoms with Gasteiger partial charge in [0.05, 0.1) is 18.4 Å². The van der Waals surface area contributed by atoms with E-state index in [0.29, 0.717) is 18.0 Å². The standard InChI is InChI=1S/C19H25N3O2/c1-12-18(13(2)22(3)21-12)19(23)20-11-15-7-5-6-14-10-16(24-4)8-9-17(14)15/h8-10,15H,5-7,11H2,1-4H3,(H,20,23)/t15-/m1/s1. The summed E-state index contributed by atoms with van der Waals surface area (Å²) in [6, 6.07) is 6.28. The Hall–Kier alpha value is -2.30. The number of rotatable bonds is 4. The highest BCUT2D eigenvalue weighted by molar-refractivity contribution is 5.96. The van der Waals surface area contributed by atoms with Gasteiger partial charge in [-0.15, -0.1) is 0 Å². The summed E-state index contributed by atoms with van der Waals surface area (Å²) < 4.78 is 7.08. The fourth-order valence-electron chi connectivity index (χ4n) is 3.64. The topological polar surface area (TPSA) is 56.1 Å². The quantitative estimate of drug-likeness (QED) is 0.939. The van der Waals surface area contributed by atoms with E-state index in [1.807, 2.05) is 27.0 Å². The van der Waals surface area contributed by atoms with E-state index in [1.54, 1.807) is 11.8 Å². The molecular formula is C19H25N3O2. The average Bonchev–Trinajstić information content (AvgIpc) is 2.84. The average molecular weight is 327 g/mol. The minimum atomic E-state index is -0.0289. The number of amides is 1. The Kier molecular flexibility index (Phi) is 4.60. The summed E-state index contributed by atoms with van der Waals surface area (Å²) in [6.45, 7) is 4.47. The van der Waals surface area contributed by atoms with Gasteiger partial charge in [0.25, 0.3) is 5.91 Å². The van der Waals surface area contributed by atoms with E-state index in [1.165, 1.54) is 11.1 Å². The lowest BCUT2D eigenvalue weighted by Gasteiger charge is -2.26. The van der Waals surface area contributed by atoms with E-state index in [9.17, 15) is 4.79 Å². The smallest absolute Gasteiger partial charge is 0.255 e. The van der Waals surface area contributed by atoms with Crippen LogP contribution in [0.25, 0.3) is 0 Å². The molecule has 0 unspecified atom stereocenters. The van der Waals surface area contributed by atoms with E-state index in [0.717, 1.165) is 36.4 Å². The maximum atomic E-state index is 12.6. The first-order valence-corrected chi connectivity index (χ1v) is 8.46. The molecule has 0 radical (unpaired) electrons. The molecule has 0 spiro atoms. The summed E-state index contributed by atoms with van der Waals surface area (Å²) >= 11 is 0. The van der Waals surface area contributed by atoms with Crippen LogP contribution in [-0.2, 0) is 13.5 Å². The molecule has 5 heteroatoms. The van der Waals surface area contributed by atoms with Crippen molar-refractivity contribution in [3.63, 3.8) is 0 Å². The number of methoxy groups -OCH3 is 1. The molecule has 1 heterocycles. The van der Waals surface area contributed by atoms with Crippen LogP contribution in [0.1, 0.15) is 51.6 Å². The molecule has 5 nitrogen and oxygen atoms in total. The van der Waals surface area contributed by atoms with Crippen molar-refractivity contribution in [1.29, 1.82) is 0 Å². The minimum Gasteiger partial charge on any atom is -0.497 e. The lowest BCUT2D eigenvalue weighted by Crippen LogP contribution is -2.30. The van der Waals surface area contributed by atoms with Crippen LogP contribution in [0.3, 0.4) is 0 Å². The van der Waals surface area contributed by atoms with Gasteiger partial charge in [0.15, 0.2) is 0 Å². The summed E-state index contributed by atoms with van der Waals surface area (Å²) in [7, 11) is 3.56. The molecule has 1 atom stereocenters. The molecule has 1 aromatic heterocycles. The van der Waals surface area contributed by atoms with Crippen molar-refractivity contribution >= 4 is 5.91 Å². The largest absolute Gasteiger partial charge is 0.497 e. The van der Waals surface area contributed by atoms with Gasteiger partial charge in [0.1, 0.15) is 5.75 Å². The summed E-state index contributed by atoms with van der Waals surface area (Å²) in [5.74, 6) is 1.24. The number of fused-ring (bicyclic) bond motifs is 1. The number of aryl methyl sites for hydroxylation is 3. The Bertz CT molecular complexity index is 764. The first-order valence-electron chi connectivity index (χ1n) is 8.46. The predicted molar refractivity (Wildman–Crippen MR) is 93.7 cm³/mol. The Morgan fingerprint density at radius 2 is 2.21 bits per heavy atom. The van der Waals surface area contributed by atoms with Crippen molar-refractivity contribution < 1.29 is 9.53 Å². The van der Waals surface area contributed by atoms with Gasteiger partial charge in [0.2, 0.25) is 0 Å². The van der Waals surface area contributed by atoms with Crippen LogP contribution in [0.15, 0.2) is 18.2 Å². The van der Waals surface area contributed by atoms with E-state index < -0.39 is 0 Å². The highest BCUT2D eigenvalue weighted by Crippen LogP contribution is 2.33. The first kappa shape index (κ1) is 16.6. The van der Waals surface area contributed by atoms with Crippen molar-refractivity contribution in [3.05, 3.63) is 46.3 Å². The number of hydrogen-bond acceptors (Lipinski definition) is 3. The maximum Gasteiger partial charge on any atom is 0.255 e. The zero-order chi connectivity index (χ0) is 17.3. The number of hydrogen-bond donors (Lipinski definition) is 1. The lowest BCUT2D eigenvalue weighted by atomic mass is 9.82. The molecule has 1 amide bonds. The number of nitrogens with one attached hydrogen (secondary N) is 1. The molecular weight excluding hydrogens is 302 g/mol. The fourth-order valence-corrected chi connectivity index (χ4v) is 3.64. The normalized spacial score (nSPS) is 16.6. The molecule has 24 heavy (non-hydrogen) atoms. The van der Waals surface area contributed by atoms with Crippen LogP contribution in [0.2, 0.25) is 0 Å². The number of ether oxygens (including phenoxy) is 1. The van der Waals surface area contributed by atoms with Crippen LogP contribution in [0.5, 0.6) is 5.75 Å². The van der Waals surface area contributed by atoms with Crippen molar-refractivity contribution in [2.45, 2.75) is 39.0 Å². The summed E-state index contributed by atoms with van der Waals surface area (Å²) in [6.07, 6.45) is 3.33. The third-order valence-electron chi connectivity index (χ3n) is 5.03. The van der Waals surface area contributed by atoms with E-state index in [4.69, 9.17) is 4.74 Å². The van der Waals surface area contributed by atoms with Crippen molar-refractivity contribution in [1.82, 2.24) is 15.1 Å². The first-order chi connectivity index (χ1) is 11.5. The van der Waals surface area contributed by atoms with Gasteiger partial charge < -0.3 is 10.1 Å². The van der Waals surface area contributed by atoms with E-state index in [-0.39, 0.29) is 5.91 Å². The Balaban J connectivity index is 1.73. The molecule has 0 fully saturated rings. The molecule has 1 aliphatic carbocycles. The highest BCUT2D eigenvalue weighted by atomic mass is 16.5. The van der Waals surface area contributed by atoms with Gasteiger partial charge in [-0.05, 0) is 56.4 Å². The molecule has 2 aromatic rings. The zero-order valence-corrected chi connectivity index (χ0v) is 14.8. The molecule has 3 rings (SSSR count). The third-order valence-corrected chi connectivity index (χ3v) is 5.03. The second kappa shape index (κ2) is 6.67. The maximum absolute atomic E-state index is 12.6. The van der Waals surface area contributed by atoms with Crippen molar-refractivity contribution in [2.75, 3.05) is 13.7 Å². The van der Waals surface area contributed by atoms with Crippen molar-refractivity contribution in [3.8, 4) is 5.75 Å². The van der Waals surface area contributed by atoms with E-state index >= 15 is 0 Å². The lowest BCUT2D eigenvalue weighted by molar-refractivity contribution is 0.0949. The molecule has 128 valence electrons. The molecule has 0 aliphatic heterocycles. The van der Waals surface area contributed by atoms with Crippen molar-refractivity contribution in [2.24, 2.45) is 7.05 Å². The summed E-state index contributed by atoms with van der Waals surface area (Å²) in [5, 5.41) is 7.43. The molecule has 1 N–H and O–H groups in total. The van der Waals surface area contributed by atoms with Crippen LogP contribution >= 0.6 is 0 Å². The van der Waals surface area contributed by atoms with Gasteiger partial charge in [0, 0.05) is 25.2 Å². The monoisotopic (exact) mass is 327 g/mol. The molecule has 1 aromatic carbocycles. The van der Waals surface area contributed by atoms with Gasteiger partial charge >= 0.3 is 0 Å². The van der Waals surface area contributed by atoms with Gasteiger partial charge in [-0.1, -0.05) is 6.07 Å². The van der Waals surface area contributed by atoms with Crippen LogP contribution in [0, 0.1) is 13.8 Å². The predicted octanol–water partition coefficient (Wildman–Crippen LogP) is 2.90. The summed E-state index contributed by atoms with van der Waals surface area (Å²) in [5.41, 5.74) is 5.05. The van der Waals surface area contributed by atoms with Gasteiger partial charge in [-0.3, -0.25) is 9.48 Å². The zero-order valence-electron chi connectivity index (χ0n) is 14.8. The fraction of sp³-hybridized carbons (Fsp3) is 0.474. The number of carbonyl (C=O) groups excluding carboxylic acids is 1. The van der Waals surface area contributed by atoms with Crippen LogP contribution in [-0.4, -0.2) is 29.3 Å². The van der Waals surface area contributed by atoms with E-state index in [2.05, 4.69) is 22.5 Å². The number of carbonyl (C=O) groups is 1. The Labute approximate surface area is 143 Å². The molecule has 0 saturated carbocycles. The Morgan fingerprint density at radius 1 is 1.42 bits per heavy atom. The number of aromatic nitrogens is 2.